The predicted molar refractivity (Wildman–Crippen MR) is 115 cm³/mol. The maximum Gasteiger partial charge on any atom is 0.244 e. The van der Waals surface area contributed by atoms with Crippen LogP contribution in [0.3, 0.4) is 0 Å². The lowest BCUT2D eigenvalue weighted by atomic mass is 10.1. The van der Waals surface area contributed by atoms with Gasteiger partial charge in [-0.3, -0.25) is 4.90 Å². The normalized spacial score (nSPS) is 25.5. The van der Waals surface area contributed by atoms with E-state index in [1.807, 2.05) is 12.1 Å². The molecule has 4 heterocycles. The molecule has 160 valence electrons. The number of rotatable bonds is 5. The van der Waals surface area contributed by atoms with E-state index in [2.05, 4.69) is 39.0 Å². The number of aromatic nitrogens is 1. The van der Waals surface area contributed by atoms with Crippen molar-refractivity contribution in [1.82, 2.24) is 14.2 Å². The second kappa shape index (κ2) is 8.26. The highest BCUT2D eigenvalue weighted by Gasteiger charge is 2.40. The fraction of sp³-hybridized carbons (Fsp3) is 0.500. The Morgan fingerprint density at radius 2 is 1.80 bits per heavy atom. The van der Waals surface area contributed by atoms with Crippen molar-refractivity contribution in [1.29, 1.82) is 0 Å². The summed E-state index contributed by atoms with van der Waals surface area (Å²) in [5.74, 6) is 0.813. The average Bonchev–Trinajstić information content (AvgIpc) is 3.46. The molecule has 0 aliphatic carbocycles. The summed E-state index contributed by atoms with van der Waals surface area (Å²) in [7, 11) is -3.42. The monoisotopic (exact) mass is 428 g/mol. The fourth-order valence-electron chi connectivity index (χ4n) is 4.75. The molecule has 2 atom stereocenters. The van der Waals surface area contributed by atoms with Gasteiger partial charge in [0.15, 0.2) is 0 Å². The largest absolute Gasteiger partial charge is 0.373 e. The summed E-state index contributed by atoms with van der Waals surface area (Å²) in [6, 6.07) is 14.4. The van der Waals surface area contributed by atoms with E-state index < -0.39 is 10.0 Å². The first-order chi connectivity index (χ1) is 14.6. The van der Waals surface area contributed by atoms with E-state index in [0.717, 1.165) is 51.4 Å². The molecule has 0 saturated carbocycles. The molecule has 2 aromatic rings. The smallest absolute Gasteiger partial charge is 0.244 e. The van der Waals surface area contributed by atoms with Crippen molar-refractivity contribution in [2.45, 2.75) is 36.4 Å². The van der Waals surface area contributed by atoms with Crippen molar-refractivity contribution < 1.29 is 13.2 Å². The van der Waals surface area contributed by atoms with Crippen LogP contribution in [0.1, 0.15) is 18.4 Å². The number of anilines is 1. The van der Waals surface area contributed by atoms with Gasteiger partial charge >= 0.3 is 0 Å². The minimum absolute atomic E-state index is 0.150. The Morgan fingerprint density at radius 3 is 2.53 bits per heavy atom. The van der Waals surface area contributed by atoms with E-state index in [1.54, 1.807) is 10.4 Å². The molecular formula is C22H28N4O3S. The Balaban J connectivity index is 1.29. The molecule has 3 aliphatic rings. The zero-order valence-corrected chi connectivity index (χ0v) is 17.9. The van der Waals surface area contributed by atoms with Crippen LogP contribution in [0, 0.1) is 0 Å². The Morgan fingerprint density at radius 1 is 1.00 bits per heavy atom. The summed E-state index contributed by atoms with van der Waals surface area (Å²) in [5, 5.41) is 0. The van der Waals surface area contributed by atoms with Gasteiger partial charge in [0.05, 0.1) is 18.8 Å². The number of nitrogens with zero attached hydrogens (tertiary/aromatic N) is 4. The van der Waals surface area contributed by atoms with Crippen molar-refractivity contribution in [3.8, 4) is 0 Å². The van der Waals surface area contributed by atoms with Crippen LogP contribution in [0.2, 0.25) is 0 Å². The highest BCUT2D eigenvalue weighted by Crippen LogP contribution is 2.28. The third-order valence-electron chi connectivity index (χ3n) is 6.39. The Kier molecular flexibility index (Phi) is 5.49. The topological polar surface area (TPSA) is 66.0 Å². The van der Waals surface area contributed by atoms with Crippen molar-refractivity contribution in [2.75, 3.05) is 44.2 Å². The summed E-state index contributed by atoms with van der Waals surface area (Å²) in [6.07, 6.45) is 3.52. The quantitative estimate of drug-likeness (QED) is 0.725. The summed E-state index contributed by atoms with van der Waals surface area (Å²) < 4.78 is 33.1. The summed E-state index contributed by atoms with van der Waals surface area (Å²) in [4.78, 5) is 9.50. The molecule has 1 aromatic heterocycles. The van der Waals surface area contributed by atoms with Gasteiger partial charge in [0, 0.05) is 45.5 Å². The maximum absolute atomic E-state index is 12.7. The van der Waals surface area contributed by atoms with Gasteiger partial charge in [-0.15, -0.1) is 0 Å². The SMILES string of the molecule is O=S(=O)(c1ccc(N2CC3OCCN(Cc4ccccc4)C3C2)nc1)N1CCCC1. The molecule has 30 heavy (non-hydrogen) atoms. The van der Waals surface area contributed by atoms with Gasteiger partial charge in [0.2, 0.25) is 10.0 Å². The number of ether oxygens (including phenoxy) is 1. The number of pyridine rings is 1. The lowest BCUT2D eigenvalue weighted by molar-refractivity contribution is -0.0499. The molecule has 0 amide bonds. The molecule has 5 rings (SSSR count). The summed E-state index contributed by atoms with van der Waals surface area (Å²) in [6.45, 7) is 5.40. The maximum atomic E-state index is 12.7. The average molecular weight is 429 g/mol. The third-order valence-corrected chi connectivity index (χ3v) is 8.27. The van der Waals surface area contributed by atoms with Crippen LogP contribution >= 0.6 is 0 Å². The zero-order chi connectivity index (χ0) is 20.6. The van der Waals surface area contributed by atoms with Gasteiger partial charge in [0.1, 0.15) is 10.7 Å². The van der Waals surface area contributed by atoms with Crippen LogP contribution in [0.4, 0.5) is 5.82 Å². The number of fused-ring (bicyclic) bond motifs is 1. The van der Waals surface area contributed by atoms with Crippen molar-refractivity contribution in [2.24, 2.45) is 0 Å². The minimum atomic E-state index is -3.42. The van der Waals surface area contributed by atoms with Gasteiger partial charge < -0.3 is 9.64 Å². The van der Waals surface area contributed by atoms with E-state index in [9.17, 15) is 8.42 Å². The standard InChI is InChI=1S/C22H28N4O3S/c27-30(28,26-10-4-5-11-26)19-8-9-22(23-14-19)25-16-20-21(17-25)29-13-12-24(20)15-18-6-2-1-3-7-18/h1-3,6-9,14,20-21H,4-5,10-13,15-17H2. The molecule has 2 unspecified atom stereocenters. The summed E-state index contributed by atoms with van der Waals surface area (Å²) >= 11 is 0. The van der Waals surface area contributed by atoms with E-state index in [-0.39, 0.29) is 11.0 Å². The van der Waals surface area contributed by atoms with Crippen LogP contribution in [0.25, 0.3) is 0 Å². The van der Waals surface area contributed by atoms with Gasteiger partial charge in [0.25, 0.3) is 0 Å². The van der Waals surface area contributed by atoms with Gasteiger partial charge in [-0.25, -0.2) is 13.4 Å². The molecule has 0 spiro atoms. The molecule has 0 bridgehead atoms. The molecule has 3 fully saturated rings. The molecule has 3 aliphatic heterocycles. The van der Waals surface area contributed by atoms with Crippen LogP contribution in [0.5, 0.6) is 0 Å². The van der Waals surface area contributed by atoms with Crippen molar-refractivity contribution in [3.05, 3.63) is 54.2 Å². The number of hydrogen-bond acceptors (Lipinski definition) is 6. The Hall–Kier alpha value is -2.00. The van der Waals surface area contributed by atoms with Crippen molar-refractivity contribution in [3.63, 3.8) is 0 Å². The fourth-order valence-corrected chi connectivity index (χ4v) is 6.21. The third kappa shape index (κ3) is 3.85. The van der Waals surface area contributed by atoms with Gasteiger partial charge in [-0.05, 0) is 30.5 Å². The van der Waals surface area contributed by atoms with Crippen LogP contribution < -0.4 is 4.90 Å². The molecule has 7 nitrogen and oxygen atoms in total. The van der Waals surface area contributed by atoms with E-state index in [4.69, 9.17) is 4.74 Å². The van der Waals surface area contributed by atoms with Crippen molar-refractivity contribution >= 4 is 15.8 Å². The Bertz CT molecular complexity index is 962. The van der Waals surface area contributed by atoms with E-state index >= 15 is 0 Å². The van der Waals surface area contributed by atoms with Crippen LogP contribution in [-0.2, 0) is 21.3 Å². The van der Waals surface area contributed by atoms with E-state index in [0.29, 0.717) is 19.1 Å². The number of benzene rings is 1. The summed E-state index contributed by atoms with van der Waals surface area (Å²) in [5.41, 5.74) is 1.31. The lowest BCUT2D eigenvalue weighted by Crippen LogP contribution is -2.50. The first kappa shape index (κ1) is 19.9. The highest BCUT2D eigenvalue weighted by molar-refractivity contribution is 7.89. The molecule has 0 radical (unpaired) electrons. The first-order valence-corrected chi connectivity index (χ1v) is 12.2. The molecule has 0 N–H and O–H groups in total. The second-order valence-corrected chi connectivity index (χ2v) is 10.2. The lowest BCUT2D eigenvalue weighted by Gasteiger charge is -2.36. The molecule has 3 saturated heterocycles. The van der Waals surface area contributed by atoms with Gasteiger partial charge in [-0.2, -0.15) is 4.31 Å². The number of sulfonamides is 1. The Labute approximate surface area is 178 Å². The zero-order valence-electron chi connectivity index (χ0n) is 17.1. The highest BCUT2D eigenvalue weighted by atomic mass is 32.2. The van der Waals surface area contributed by atoms with E-state index in [1.165, 1.54) is 11.8 Å². The van der Waals surface area contributed by atoms with Crippen LogP contribution in [-0.4, -0.2) is 74.1 Å². The van der Waals surface area contributed by atoms with Crippen LogP contribution in [0.15, 0.2) is 53.6 Å². The number of morpholine rings is 1. The number of hydrogen-bond donors (Lipinski definition) is 0. The molecule has 8 heteroatoms. The van der Waals surface area contributed by atoms with Gasteiger partial charge in [-0.1, -0.05) is 30.3 Å². The molecular weight excluding hydrogens is 400 g/mol. The second-order valence-electron chi connectivity index (χ2n) is 8.30. The molecule has 1 aromatic carbocycles. The first-order valence-electron chi connectivity index (χ1n) is 10.7. The minimum Gasteiger partial charge on any atom is -0.373 e. The predicted octanol–water partition coefficient (Wildman–Crippen LogP) is 1.96.